The SMILES string of the molecule is NC(=S)Nc1ccc(COCC(F)(F)F)cc1. The van der Waals surface area contributed by atoms with Crippen molar-refractivity contribution in [2.45, 2.75) is 12.8 Å². The van der Waals surface area contributed by atoms with Gasteiger partial charge in [0.15, 0.2) is 5.11 Å². The van der Waals surface area contributed by atoms with Gasteiger partial charge in [-0.1, -0.05) is 12.1 Å². The van der Waals surface area contributed by atoms with E-state index in [1.807, 2.05) is 0 Å². The maximum absolute atomic E-state index is 11.8. The third-order valence-electron chi connectivity index (χ3n) is 1.76. The minimum Gasteiger partial charge on any atom is -0.376 e. The summed E-state index contributed by atoms with van der Waals surface area (Å²) >= 11 is 4.64. The first-order chi connectivity index (χ1) is 7.87. The van der Waals surface area contributed by atoms with Crippen molar-refractivity contribution in [2.75, 3.05) is 11.9 Å². The van der Waals surface area contributed by atoms with E-state index in [4.69, 9.17) is 5.73 Å². The first-order valence-corrected chi connectivity index (χ1v) is 5.07. The number of hydrogen-bond donors (Lipinski definition) is 2. The van der Waals surface area contributed by atoms with Gasteiger partial charge in [-0.2, -0.15) is 13.2 Å². The highest BCUT2D eigenvalue weighted by atomic mass is 32.1. The van der Waals surface area contributed by atoms with E-state index in [1.54, 1.807) is 24.3 Å². The molecule has 0 unspecified atom stereocenters. The number of alkyl halides is 3. The predicted octanol–water partition coefficient (Wildman–Crippen LogP) is 2.42. The molecule has 1 rings (SSSR count). The zero-order valence-corrected chi connectivity index (χ0v) is 9.57. The largest absolute Gasteiger partial charge is 0.411 e. The highest BCUT2D eigenvalue weighted by Crippen LogP contribution is 2.16. The van der Waals surface area contributed by atoms with Gasteiger partial charge in [0.05, 0.1) is 6.61 Å². The van der Waals surface area contributed by atoms with E-state index in [-0.39, 0.29) is 11.7 Å². The van der Waals surface area contributed by atoms with Gasteiger partial charge in [-0.3, -0.25) is 0 Å². The van der Waals surface area contributed by atoms with Gasteiger partial charge in [0.1, 0.15) is 6.61 Å². The quantitative estimate of drug-likeness (QED) is 0.820. The van der Waals surface area contributed by atoms with Gasteiger partial charge in [0.25, 0.3) is 0 Å². The fourth-order valence-electron chi connectivity index (χ4n) is 1.11. The van der Waals surface area contributed by atoms with Crippen molar-refractivity contribution < 1.29 is 17.9 Å². The number of rotatable bonds is 4. The summed E-state index contributed by atoms with van der Waals surface area (Å²) in [5, 5.41) is 2.83. The standard InChI is InChI=1S/C10H11F3N2OS/c11-10(12,13)6-16-5-7-1-3-8(4-2-7)15-9(14)17/h1-4H,5-6H2,(H3,14,15,17). The maximum Gasteiger partial charge on any atom is 0.411 e. The van der Waals surface area contributed by atoms with Crippen LogP contribution in [0.1, 0.15) is 5.56 Å². The Balaban J connectivity index is 2.43. The van der Waals surface area contributed by atoms with Crippen LogP contribution >= 0.6 is 12.2 Å². The molecule has 7 heteroatoms. The third kappa shape index (κ3) is 6.08. The molecule has 0 aliphatic rings. The number of hydrogen-bond acceptors (Lipinski definition) is 2. The first kappa shape index (κ1) is 13.7. The first-order valence-electron chi connectivity index (χ1n) is 4.67. The molecule has 1 aromatic rings. The number of thiocarbonyl (C=S) groups is 1. The summed E-state index contributed by atoms with van der Waals surface area (Å²) in [5.41, 5.74) is 6.58. The zero-order chi connectivity index (χ0) is 12.9. The van der Waals surface area contributed by atoms with Crippen molar-refractivity contribution in [1.29, 1.82) is 0 Å². The molecule has 0 atom stereocenters. The normalized spacial score (nSPS) is 11.2. The van der Waals surface area contributed by atoms with Gasteiger partial charge in [-0.25, -0.2) is 0 Å². The number of anilines is 1. The van der Waals surface area contributed by atoms with E-state index < -0.39 is 12.8 Å². The van der Waals surface area contributed by atoms with E-state index in [9.17, 15) is 13.2 Å². The minimum absolute atomic E-state index is 0.0904. The van der Waals surface area contributed by atoms with Crippen LogP contribution in [0.25, 0.3) is 0 Å². The molecular formula is C10H11F3N2OS. The second kappa shape index (κ2) is 5.83. The monoisotopic (exact) mass is 264 g/mol. The highest BCUT2D eigenvalue weighted by Gasteiger charge is 2.27. The van der Waals surface area contributed by atoms with Crippen molar-refractivity contribution in [3.05, 3.63) is 29.8 Å². The average Bonchev–Trinajstić information content (AvgIpc) is 2.18. The molecule has 1 aromatic carbocycles. The van der Waals surface area contributed by atoms with Crippen molar-refractivity contribution >= 4 is 23.0 Å². The fourth-order valence-corrected chi connectivity index (χ4v) is 1.23. The number of benzene rings is 1. The lowest BCUT2D eigenvalue weighted by Gasteiger charge is -2.08. The summed E-state index contributed by atoms with van der Waals surface area (Å²) in [6.07, 6.45) is -4.30. The molecule has 0 amide bonds. The van der Waals surface area contributed by atoms with Gasteiger partial charge in [0.2, 0.25) is 0 Å². The fraction of sp³-hybridized carbons (Fsp3) is 0.300. The van der Waals surface area contributed by atoms with Gasteiger partial charge < -0.3 is 15.8 Å². The Labute approximate surface area is 102 Å². The van der Waals surface area contributed by atoms with Crippen LogP contribution in [0.5, 0.6) is 0 Å². The lowest BCUT2D eigenvalue weighted by Crippen LogP contribution is -2.18. The van der Waals surface area contributed by atoms with Crippen molar-refractivity contribution in [3.63, 3.8) is 0 Å². The number of halogens is 3. The van der Waals surface area contributed by atoms with Crippen LogP contribution in [0.15, 0.2) is 24.3 Å². The van der Waals surface area contributed by atoms with Crippen LogP contribution in [0.3, 0.4) is 0 Å². The number of nitrogens with one attached hydrogen (secondary N) is 1. The van der Waals surface area contributed by atoms with Crippen LogP contribution < -0.4 is 11.1 Å². The molecule has 0 aliphatic heterocycles. The van der Waals surface area contributed by atoms with Gasteiger partial charge in [-0.05, 0) is 29.9 Å². The molecule has 0 saturated carbocycles. The molecule has 0 aliphatic carbocycles. The second-order valence-electron chi connectivity index (χ2n) is 3.29. The molecule has 0 radical (unpaired) electrons. The van der Waals surface area contributed by atoms with Crippen LogP contribution in [0.2, 0.25) is 0 Å². The lowest BCUT2D eigenvalue weighted by molar-refractivity contribution is -0.176. The molecule has 0 heterocycles. The van der Waals surface area contributed by atoms with E-state index in [1.165, 1.54) is 0 Å². The molecule has 0 aromatic heterocycles. The summed E-state index contributed by atoms with van der Waals surface area (Å²) < 4.78 is 39.9. The molecule has 94 valence electrons. The second-order valence-corrected chi connectivity index (χ2v) is 3.73. The van der Waals surface area contributed by atoms with Crippen LogP contribution in [-0.2, 0) is 11.3 Å². The lowest BCUT2D eigenvalue weighted by atomic mass is 10.2. The molecule has 0 bridgehead atoms. The molecule has 17 heavy (non-hydrogen) atoms. The Morgan fingerprint density at radius 1 is 1.29 bits per heavy atom. The predicted molar refractivity (Wildman–Crippen MR) is 62.6 cm³/mol. The summed E-state index contributed by atoms with van der Waals surface area (Å²) in [5.74, 6) is 0. The Morgan fingerprint density at radius 3 is 2.35 bits per heavy atom. The summed E-state index contributed by atoms with van der Waals surface area (Å²) in [7, 11) is 0. The average molecular weight is 264 g/mol. The molecule has 0 fully saturated rings. The molecule has 3 nitrogen and oxygen atoms in total. The van der Waals surface area contributed by atoms with Crippen molar-refractivity contribution in [3.8, 4) is 0 Å². The Morgan fingerprint density at radius 2 is 1.88 bits per heavy atom. The molecule has 0 spiro atoms. The molecular weight excluding hydrogens is 253 g/mol. The summed E-state index contributed by atoms with van der Waals surface area (Å²) in [4.78, 5) is 0. The maximum atomic E-state index is 11.8. The Kier molecular flexibility index (Phi) is 4.71. The van der Waals surface area contributed by atoms with E-state index in [2.05, 4.69) is 22.3 Å². The van der Waals surface area contributed by atoms with Gasteiger partial charge in [-0.15, -0.1) is 0 Å². The van der Waals surface area contributed by atoms with Crippen LogP contribution in [0, 0.1) is 0 Å². The van der Waals surface area contributed by atoms with E-state index in [0.717, 1.165) is 0 Å². The van der Waals surface area contributed by atoms with Crippen molar-refractivity contribution in [2.24, 2.45) is 5.73 Å². The smallest absolute Gasteiger partial charge is 0.376 e. The topological polar surface area (TPSA) is 47.3 Å². The van der Waals surface area contributed by atoms with Gasteiger partial charge in [0, 0.05) is 5.69 Å². The minimum atomic E-state index is -4.30. The number of ether oxygens (including phenoxy) is 1. The molecule has 0 saturated heterocycles. The van der Waals surface area contributed by atoms with E-state index in [0.29, 0.717) is 11.3 Å². The Bertz CT molecular complexity index is 378. The highest BCUT2D eigenvalue weighted by molar-refractivity contribution is 7.80. The van der Waals surface area contributed by atoms with E-state index >= 15 is 0 Å². The van der Waals surface area contributed by atoms with Crippen molar-refractivity contribution in [1.82, 2.24) is 0 Å². The third-order valence-corrected chi connectivity index (χ3v) is 1.86. The van der Waals surface area contributed by atoms with Crippen LogP contribution in [-0.4, -0.2) is 17.9 Å². The molecule has 3 N–H and O–H groups in total. The summed E-state index contributed by atoms with van der Waals surface area (Å²) in [6, 6.07) is 6.59. The van der Waals surface area contributed by atoms with Gasteiger partial charge >= 0.3 is 6.18 Å². The zero-order valence-electron chi connectivity index (χ0n) is 8.75. The Hall–Kier alpha value is -1.34. The summed E-state index contributed by atoms with van der Waals surface area (Å²) in [6.45, 7) is -1.34. The van der Waals surface area contributed by atoms with Crippen LogP contribution in [0.4, 0.5) is 18.9 Å². The number of nitrogens with two attached hydrogens (primary N) is 1.